The van der Waals surface area contributed by atoms with Crippen LogP contribution in [-0.4, -0.2) is 49.6 Å². The van der Waals surface area contributed by atoms with Crippen LogP contribution in [0.1, 0.15) is 44.9 Å². The Kier molecular flexibility index (Phi) is 7.77. The fourth-order valence-corrected chi connectivity index (χ4v) is 5.28. The zero-order valence-corrected chi connectivity index (χ0v) is 21.0. The van der Waals surface area contributed by atoms with Gasteiger partial charge < -0.3 is 30.9 Å². The molecule has 4 N–H and O–H groups in total. The van der Waals surface area contributed by atoms with Crippen molar-refractivity contribution in [2.24, 2.45) is 5.92 Å². The smallest absolute Gasteiger partial charge is 0.323 e. The molecule has 2 saturated heterocycles. The van der Waals surface area contributed by atoms with Crippen LogP contribution in [0.5, 0.6) is 5.75 Å². The number of rotatable bonds is 8. The Balaban J connectivity index is 1.04. The summed E-state index contributed by atoms with van der Waals surface area (Å²) in [6.45, 7) is 2.37. The molecule has 196 valence electrons. The maximum Gasteiger partial charge on any atom is 0.323 e. The van der Waals surface area contributed by atoms with Crippen LogP contribution in [0.2, 0.25) is 0 Å². The number of urea groups is 1. The fourth-order valence-electron chi connectivity index (χ4n) is 5.28. The van der Waals surface area contributed by atoms with Gasteiger partial charge in [0.05, 0.1) is 6.10 Å². The maximum atomic E-state index is 12.4. The third kappa shape index (κ3) is 6.72. The summed E-state index contributed by atoms with van der Waals surface area (Å²) < 4.78 is 5.97. The summed E-state index contributed by atoms with van der Waals surface area (Å²) in [6.07, 6.45) is 6.97. The molecule has 4 amide bonds. The standard InChI is InChI=1S/C28H35N5O4/c34-26-14-13-25(32-26)27(35)29-17-19-15-16-33(18-19)22-9-5-20(6-10-22)30-28(36)31-21-7-11-24(12-8-21)37-23-3-1-2-4-23/h5-12,19,23,25H,1-4,13-18H2,(H,29,35)(H,32,34)(H2,30,31,36). The van der Waals surface area contributed by atoms with Crippen molar-refractivity contribution in [2.45, 2.75) is 57.1 Å². The van der Waals surface area contributed by atoms with Crippen LogP contribution in [0.15, 0.2) is 48.5 Å². The molecule has 9 nitrogen and oxygen atoms in total. The number of amides is 4. The van der Waals surface area contributed by atoms with E-state index < -0.39 is 6.04 Å². The van der Waals surface area contributed by atoms with Gasteiger partial charge in [-0.25, -0.2) is 4.79 Å². The van der Waals surface area contributed by atoms with Gasteiger partial charge in [-0.1, -0.05) is 0 Å². The molecule has 9 heteroatoms. The topological polar surface area (TPSA) is 112 Å². The molecule has 5 rings (SSSR count). The van der Waals surface area contributed by atoms with Crippen molar-refractivity contribution in [2.75, 3.05) is 35.2 Å². The van der Waals surface area contributed by atoms with Crippen LogP contribution in [0, 0.1) is 5.92 Å². The van der Waals surface area contributed by atoms with Crippen molar-refractivity contribution < 1.29 is 19.1 Å². The molecule has 1 aliphatic carbocycles. The van der Waals surface area contributed by atoms with E-state index in [4.69, 9.17) is 4.74 Å². The van der Waals surface area contributed by atoms with Gasteiger partial charge in [-0.2, -0.15) is 0 Å². The quantitative estimate of drug-likeness (QED) is 0.435. The normalized spacial score (nSPS) is 21.5. The van der Waals surface area contributed by atoms with Gasteiger partial charge in [0.15, 0.2) is 0 Å². The molecule has 2 aromatic rings. The van der Waals surface area contributed by atoms with Crippen molar-refractivity contribution in [1.29, 1.82) is 0 Å². The molecule has 0 aromatic heterocycles. The minimum atomic E-state index is -0.391. The summed E-state index contributed by atoms with van der Waals surface area (Å²) >= 11 is 0. The molecule has 2 aromatic carbocycles. The Bertz CT molecular complexity index is 1100. The van der Waals surface area contributed by atoms with Crippen molar-refractivity contribution in [3.8, 4) is 5.75 Å². The monoisotopic (exact) mass is 505 g/mol. The molecule has 3 fully saturated rings. The number of anilines is 3. The van der Waals surface area contributed by atoms with Crippen molar-refractivity contribution in [1.82, 2.24) is 10.6 Å². The summed E-state index contributed by atoms with van der Waals surface area (Å²) in [4.78, 5) is 38.3. The summed E-state index contributed by atoms with van der Waals surface area (Å²) in [5.74, 6) is 1.05. The van der Waals surface area contributed by atoms with E-state index in [1.807, 2.05) is 48.5 Å². The third-order valence-electron chi connectivity index (χ3n) is 7.37. The van der Waals surface area contributed by atoms with Crippen LogP contribution in [0.4, 0.5) is 21.9 Å². The van der Waals surface area contributed by atoms with Gasteiger partial charge in [-0.3, -0.25) is 9.59 Å². The average Bonchev–Trinajstić information content (AvgIpc) is 3.67. The van der Waals surface area contributed by atoms with Gasteiger partial charge in [-0.15, -0.1) is 0 Å². The van der Waals surface area contributed by atoms with Crippen molar-refractivity contribution in [3.05, 3.63) is 48.5 Å². The van der Waals surface area contributed by atoms with Crippen molar-refractivity contribution in [3.63, 3.8) is 0 Å². The lowest BCUT2D eigenvalue weighted by atomic mass is 10.1. The highest BCUT2D eigenvalue weighted by molar-refractivity contribution is 5.99. The second-order valence-corrected chi connectivity index (χ2v) is 10.2. The maximum absolute atomic E-state index is 12.4. The first kappa shape index (κ1) is 24.9. The first-order valence-corrected chi connectivity index (χ1v) is 13.3. The predicted octanol–water partition coefficient (Wildman–Crippen LogP) is 3.87. The number of nitrogens with one attached hydrogen (secondary N) is 4. The van der Waals surface area contributed by atoms with E-state index >= 15 is 0 Å². The number of carbonyl (C=O) groups is 3. The zero-order valence-electron chi connectivity index (χ0n) is 21.0. The predicted molar refractivity (Wildman–Crippen MR) is 143 cm³/mol. The second-order valence-electron chi connectivity index (χ2n) is 10.2. The van der Waals surface area contributed by atoms with E-state index in [0.717, 1.165) is 43.8 Å². The molecule has 37 heavy (non-hydrogen) atoms. The van der Waals surface area contributed by atoms with E-state index in [0.29, 0.717) is 42.8 Å². The molecule has 2 atom stereocenters. The Morgan fingerprint density at radius 2 is 1.59 bits per heavy atom. The van der Waals surface area contributed by atoms with E-state index in [1.54, 1.807) is 0 Å². The molecular weight excluding hydrogens is 470 g/mol. The highest BCUT2D eigenvalue weighted by Crippen LogP contribution is 2.26. The third-order valence-corrected chi connectivity index (χ3v) is 7.37. The average molecular weight is 506 g/mol. The zero-order chi connectivity index (χ0) is 25.6. The van der Waals surface area contributed by atoms with Gasteiger partial charge in [0, 0.05) is 43.1 Å². The Hall–Kier alpha value is -3.75. The Morgan fingerprint density at radius 1 is 0.919 bits per heavy atom. The molecule has 0 spiro atoms. The summed E-state index contributed by atoms with van der Waals surface area (Å²) in [7, 11) is 0. The number of nitrogens with zero attached hydrogens (tertiary/aromatic N) is 1. The number of benzene rings is 2. The molecule has 0 bridgehead atoms. The molecular formula is C28H35N5O4. The van der Waals surface area contributed by atoms with Gasteiger partial charge in [0.1, 0.15) is 11.8 Å². The summed E-state index contributed by atoms with van der Waals surface area (Å²) in [5, 5.41) is 11.4. The van der Waals surface area contributed by atoms with E-state index in [9.17, 15) is 14.4 Å². The lowest BCUT2D eigenvalue weighted by Gasteiger charge is -2.20. The van der Waals surface area contributed by atoms with Crippen molar-refractivity contribution >= 4 is 34.9 Å². The molecule has 0 radical (unpaired) electrons. The Labute approximate surface area is 217 Å². The minimum Gasteiger partial charge on any atom is -0.490 e. The Morgan fingerprint density at radius 3 is 2.24 bits per heavy atom. The number of ether oxygens (including phenoxy) is 1. The first-order chi connectivity index (χ1) is 18.0. The lowest BCUT2D eigenvalue weighted by Crippen LogP contribution is -2.43. The van der Waals surface area contributed by atoms with Crippen LogP contribution in [-0.2, 0) is 9.59 Å². The van der Waals surface area contributed by atoms with Crippen LogP contribution in [0.3, 0.4) is 0 Å². The lowest BCUT2D eigenvalue weighted by molar-refractivity contribution is -0.125. The second kappa shape index (κ2) is 11.5. The largest absolute Gasteiger partial charge is 0.490 e. The van der Waals surface area contributed by atoms with E-state index in [2.05, 4.69) is 26.2 Å². The molecule has 2 unspecified atom stereocenters. The van der Waals surface area contributed by atoms with Crippen LogP contribution >= 0.6 is 0 Å². The summed E-state index contributed by atoms with van der Waals surface area (Å²) in [5.41, 5.74) is 2.50. The van der Waals surface area contributed by atoms with Crippen LogP contribution in [0.25, 0.3) is 0 Å². The first-order valence-electron chi connectivity index (χ1n) is 13.3. The minimum absolute atomic E-state index is 0.0545. The fraction of sp³-hybridized carbons (Fsp3) is 0.464. The summed E-state index contributed by atoms with van der Waals surface area (Å²) in [6, 6.07) is 14.6. The number of hydrogen-bond acceptors (Lipinski definition) is 5. The van der Waals surface area contributed by atoms with Gasteiger partial charge in [0.25, 0.3) is 0 Å². The van der Waals surface area contributed by atoms with Gasteiger partial charge >= 0.3 is 6.03 Å². The van der Waals surface area contributed by atoms with Gasteiger partial charge in [-0.05, 0) is 93.0 Å². The van der Waals surface area contributed by atoms with Gasteiger partial charge in [0.2, 0.25) is 11.8 Å². The van der Waals surface area contributed by atoms with E-state index in [1.165, 1.54) is 12.8 Å². The number of carbonyl (C=O) groups excluding carboxylic acids is 3. The van der Waals surface area contributed by atoms with E-state index in [-0.39, 0.29) is 17.8 Å². The highest BCUT2D eigenvalue weighted by atomic mass is 16.5. The van der Waals surface area contributed by atoms with Crippen LogP contribution < -0.4 is 30.9 Å². The highest BCUT2D eigenvalue weighted by Gasteiger charge is 2.29. The molecule has 1 saturated carbocycles. The molecule has 2 heterocycles. The SMILES string of the molecule is O=C1CCC(C(=O)NCC2CCN(c3ccc(NC(=O)Nc4ccc(OC5CCCC5)cc4)cc3)C2)N1. The number of hydrogen-bond donors (Lipinski definition) is 4. The molecule has 3 aliphatic rings. The molecule has 2 aliphatic heterocycles.